The van der Waals surface area contributed by atoms with Gasteiger partial charge in [0.05, 0.1) is 11.6 Å². The molecule has 34 heavy (non-hydrogen) atoms. The van der Waals surface area contributed by atoms with Crippen LogP contribution in [0.4, 0.5) is 5.69 Å². The summed E-state index contributed by atoms with van der Waals surface area (Å²) in [6.45, 7) is 2.95. The van der Waals surface area contributed by atoms with Gasteiger partial charge in [0.2, 0.25) is 21.8 Å². The van der Waals surface area contributed by atoms with Gasteiger partial charge in [-0.15, -0.1) is 0 Å². The Morgan fingerprint density at radius 3 is 2.71 bits per heavy atom. The molecule has 1 saturated heterocycles. The van der Waals surface area contributed by atoms with Crippen molar-refractivity contribution in [2.75, 3.05) is 24.5 Å². The topological polar surface area (TPSA) is 86.8 Å². The summed E-state index contributed by atoms with van der Waals surface area (Å²) < 4.78 is 29.6. The Morgan fingerprint density at radius 1 is 1.21 bits per heavy atom. The molecule has 7 nitrogen and oxygen atoms in total. The van der Waals surface area contributed by atoms with Crippen molar-refractivity contribution in [2.24, 2.45) is 5.92 Å². The molecule has 0 saturated carbocycles. The summed E-state index contributed by atoms with van der Waals surface area (Å²) >= 11 is 9.61. The number of rotatable bonds is 6. The van der Waals surface area contributed by atoms with E-state index < -0.39 is 15.9 Å². The number of anilines is 1. The van der Waals surface area contributed by atoms with Crippen molar-refractivity contribution < 1.29 is 18.0 Å². The van der Waals surface area contributed by atoms with Gasteiger partial charge >= 0.3 is 0 Å². The molecule has 182 valence electrons. The summed E-state index contributed by atoms with van der Waals surface area (Å²) in [5.41, 5.74) is 2.12. The Morgan fingerprint density at radius 2 is 1.97 bits per heavy atom. The molecule has 1 N–H and O–H groups in total. The van der Waals surface area contributed by atoms with E-state index in [1.54, 1.807) is 24.0 Å². The van der Waals surface area contributed by atoms with E-state index in [1.165, 1.54) is 4.31 Å². The van der Waals surface area contributed by atoms with Crippen molar-refractivity contribution in [3.8, 4) is 0 Å². The van der Waals surface area contributed by atoms with Crippen molar-refractivity contribution in [3.05, 3.63) is 57.0 Å². The van der Waals surface area contributed by atoms with E-state index in [2.05, 4.69) is 21.2 Å². The van der Waals surface area contributed by atoms with Crippen molar-refractivity contribution >= 4 is 55.1 Å². The first-order chi connectivity index (χ1) is 16.2. The van der Waals surface area contributed by atoms with E-state index in [0.29, 0.717) is 54.0 Å². The van der Waals surface area contributed by atoms with Crippen LogP contribution in [0.2, 0.25) is 5.02 Å². The molecule has 2 amide bonds. The molecule has 0 aliphatic carbocycles. The molecule has 0 spiro atoms. The van der Waals surface area contributed by atoms with Crippen LogP contribution in [0.15, 0.2) is 45.8 Å². The van der Waals surface area contributed by atoms with Gasteiger partial charge in [-0.3, -0.25) is 9.59 Å². The quantitative estimate of drug-likeness (QED) is 0.568. The maximum absolute atomic E-state index is 13.8. The molecule has 0 radical (unpaired) electrons. The molecular formula is C24H27BrClN3O4S. The predicted molar refractivity (Wildman–Crippen MR) is 135 cm³/mol. The first kappa shape index (κ1) is 25.2. The molecule has 1 unspecified atom stereocenters. The minimum Gasteiger partial charge on any atom is -0.352 e. The molecule has 2 aliphatic rings. The Balaban J connectivity index is 1.55. The third kappa shape index (κ3) is 5.03. The van der Waals surface area contributed by atoms with Gasteiger partial charge < -0.3 is 10.2 Å². The summed E-state index contributed by atoms with van der Waals surface area (Å²) in [6.07, 6.45) is 2.09. The first-order valence-electron chi connectivity index (χ1n) is 11.4. The zero-order chi connectivity index (χ0) is 24.5. The Labute approximate surface area is 213 Å². The molecule has 2 aliphatic heterocycles. The SMILES string of the molecule is CCC(=O)N1CCc2cc(Br)cc(S(=O)(=O)N3CCCC(C(=O)NCc4ccccc4Cl)C3)c21. The molecule has 2 aromatic rings. The number of sulfonamides is 1. The van der Waals surface area contributed by atoms with Crippen LogP contribution in [0.5, 0.6) is 0 Å². The summed E-state index contributed by atoms with van der Waals surface area (Å²) in [5.74, 6) is -0.755. The highest BCUT2D eigenvalue weighted by Crippen LogP contribution is 2.39. The molecule has 0 aromatic heterocycles. The molecule has 4 rings (SSSR count). The average molecular weight is 569 g/mol. The van der Waals surface area contributed by atoms with Crippen molar-refractivity contribution in [3.63, 3.8) is 0 Å². The van der Waals surface area contributed by atoms with Crippen LogP contribution in [0.25, 0.3) is 0 Å². The van der Waals surface area contributed by atoms with Gasteiger partial charge in [-0.25, -0.2) is 8.42 Å². The Kier molecular flexibility index (Phi) is 7.66. The maximum Gasteiger partial charge on any atom is 0.245 e. The van der Waals surface area contributed by atoms with Crippen molar-refractivity contribution in [1.82, 2.24) is 9.62 Å². The summed E-state index contributed by atoms with van der Waals surface area (Å²) in [5, 5.41) is 3.47. The number of amides is 2. The lowest BCUT2D eigenvalue weighted by molar-refractivity contribution is -0.126. The van der Waals surface area contributed by atoms with E-state index >= 15 is 0 Å². The molecular weight excluding hydrogens is 542 g/mol. The third-order valence-electron chi connectivity index (χ3n) is 6.38. The van der Waals surface area contributed by atoms with Crippen molar-refractivity contribution in [1.29, 1.82) is 0 Å². The minimum absolute atomic E-state index is 0.0969. The predicted octanol–water partition coefficient (Wildman–Crippen LogP) is 4.12. The fourth-order valence-corrected chi connectivity index (χ4v) is 7.23. The van der Waals surface area contributed by atoms with Crippen molar-refractivity contribution in [2.45, 2.75) is 44.0 Å². The second-order valence-corrected chi connectivity index (χ2v) is 11.8. The van der Waals surface area contributed by atoms with E-state index in [0.717, 1.165) is 11.1 Å². The number of nitrogens with zero attached hydrogens (tertiary/aromatic N) is 2. The third-order valence-corrected chi connectivity index (χ3v) is 9.09. The zero-order valence-electron chi connectivity index (χ0n) is 18.9. The number of hydrogen-bond donors (Lipinski definition) is 1. The van der Waals surface area contributed by atoms with Crippen LogP contribution in [0.3, 0.4) is 0 Å². The summed E-state index contributed by atoms with van der Waals surface area (Å²) in [7, 11) is -3.92. The number of carbonyl (C=O) groups excluding carboxylic acids is 2. The lowest BCUT2D eigenvalue weighted by atomic mass is 9.99. The van der Waals surface area contributed by atoms with Gasteiger partial charge in [-0.2, -0.15) is 4.31 Å². The number of benzene rings is 2. The van der Waals surface area contributed by atoms with Crippen LogP contribution < -0.4 is 10.2 Å². The molecule has 1 atom stereocenters. The second-order valence-electron chi connectivity index (χ2n) is 8.57. The molecule has 10 heteroatoms. The Hall–Kier alpha value is -1.94. The standard InChI is InChI=1S/C24H27BrClN3O4S/c1-2-22(30)29-11-9-16-12-19(25)13-21(23(16)29)34(32,33)28-10-5-7-18(15-28)24(31)27-14-17-6-3-4-8-20(17)26/h3-4,6,8,12-13,18H,2,5,7,9-11,14-15H2,1H3,(H,27,31). The number of piperidine rings is 1. The fraction of sp³-hybridized carbons (Fsp3) is 0.417. The minimum atomic E-state index is -3.92. The van der Waals surface area contributed by atoms with Crippen LogP contribution >= 0.6 is 27.5 Å². The number of hydrogen-bond acceptors (Lipinski definition) is 4. The first-order valence-corrected chi connectivity index (χ1v) is 14.0. The molecule has 2 aromatic carbocycles. The normalized spacial score (nSPS) is 18.6. The number of fused-ring (bicyclic) bond motifs is 1. The highest BCUT2D eigenvalue weighted by atomic mass is 79.9. The van der Waals surface area contributed by atoms with Crippen LogP contribution in [-0.2, 0) is 32.6 Å². The second kappa shape index (κ2) is 10.4. The summed E-state index contributed by atoms with van der Waals surface area (Å²) in [6, 6.07) is 10.7. The van der Waals surface area contributed by atoms with Gasteiger partial charge in [0.25, 0.3) is 0 Å². The van der Waals surface area contributed by atoms with Gasteiger partial charge in [-0.05, 0) is 48.6 Å². The number of nitrogens with one attached hydrogen (secondary N) is 1. The van der Waals surface area contributed by atoms with Gasteiger partial charge in [0, 0.05) is 42.1 Å². The van der Waals surface area contributed by atoms with Gasteiger partial charge in [0.15, 0.2) is 0 Å². The van der Waals surface area contributed by atoms with E-state index in [-0.39, 0.29) is 29.8 Å². The van der Waals surface area contributed by atoms with Crippen LogP contribution in [0, 0.1) is 5.92 Å². The molecule has 0 bridgehead atoms. The lowest BCUT2D eigenvalue weighted by Gasteiger charge is -2.32. The molecule has 2 heterocycles. The highest BCUT2D eigenvalue weighted by Gasteiger charge is 2.38. The maximum atomic E-state index is 13.8. The molecule has 1 fully saturated rings. The zero-order valence-corrected chi connectivity index (χ0v) is 22.0. The Bertz CT molecular complexity index is 1220. The largest absolute Gasteiger partial charge is 0.352 e. The highest BCUT2D eigenvalue weighted by molar-refractivity contribution is 9.10. The van der Waals surface area contributed by atoms with E-state index in [9.17, 15) is 18.0 Å². The van der Waals surface area contributed by atoms with E-state index in [4.69, 9.17) is 11.6 Å². The van der Waals surface area contributed by atoms with Gasteiger partial charge in [-0.1, -0.05) is 52.7 Å². The van der Waals surface area contributed by atoms with Gasteiger partial charge in [0.1, 0.15) is 4.90 Å². The summed E-state index contributed by atoms with van der Waals surface area (Å²) in [4.78, 5) is 27.1. The average Bonchev–Trinajstić information content (AvgIpc) is 3.26. The van der Waals surface area contributed by atoms with Crippen LogP contribution in [0.1, 0.15) is 37.3 Å². The lowest BCUT2D eigenvalue weighted by Crippen LogP contribution is -2.45. The van der Waals surface area contributed by atoms with E-state index in [1.807, 2.05) is 24.3 Å². The van der Waals surface area contributed by atoms with Crippen LogP contribution in [-0.4, -0.2) is 44.2 Å². The smallest absolute Gasteiger partial charge is 0.245 e. The monoisotopic (exact) mass is 567 g/mol. The number of carbonyl (C=O) groups is 2. The number of halogens is 2. The fourth-order valence-electron chi connectivity index (χ4n) is 4.59.